The minimum absolute atomic E-state index is 0.0601. The fraction of sp³-hybridized carbons (Fsp3) is 0.500. The first kappa shape index (κ1) is 15.8. The third-order valence-electron chi connectivity index (χ3n) is 3.45. The van der Waals surface area contributed by atoms with Crippen molar-refractivity contribution in [1.29, 1.82) is 0 Å². The van der Waals surface area contributed by atoms with Crippen molar-refractivity contribution in [2.24, 2.45) is 16.6 Å². The van der Waals surface area contributed by atoms with Crippen LogP contribution in [0.15, 0.2) is 23.2 Å². The van der Waals surface area contributed by atoms with Crippen LogP contribution in [0.4, 0.5) is 8.78 Å². The van der Waals surface area contributed by atoms with Crippen LogP contribution in [0.3, 0.4) is 0 Å². The van der Waals surface area contributed by atoms with E-state index in [2.05, 4.69) is 15.0 Å². The van der Waals surface area contributed by atoms with Crippen molar-refractivity contribution in [2.75, 3.05) is 6.54 Å². The van der Waals surface area contributed by atoms with Crippen LogP contribution in [0.2, 0.25) is 5.02 Å². The van der Waals surface area contributed by atoms with Crippen molar-refractivity contribution in [3.05, 3.63) is 28.8 Å². The molecule has 0 unspecified atom stereocenters. The van der Waals surface area contributed by atoms with Gasteiger partial charge in [-0.15, -0.1) is 0 Å². The molecule has 0 amide bonds. The molecular weight excluding hydrogens is 300 g/mol. The zero-order chi connectivity index (χ0) is 15.2. The highest BCUT2D eigenvalue weighted by molar-refractivity contribution is 6.30. The molecule has 0 spiro atoms. The summed E-state index contributed by atoms with van der Waals surface area (Å²) in [6.07, 6.45) is 3.68. The molecule has 4 nitrogen and oxygen atoms in total. The van der Waals surface area contributed by atoms with Crippen molar-refractivity contribution in [1.82, 2.24) is 5.32 Å². The number of rotatable bonds is 6. The van der Waals surface area contributed by atoms with E-state index in [-0.39, 0.29) is 12.3 Å². The van der Waals surface area contributed by atoms with Gasteiger partial charge in [0.1, 0.15) is 5.75 Å². The Hall–Kier alpha value is -1.56. The maximum atomic E-state index is 12.3. The highest BCUT2D eigenvalue weighted by Gasteiger charge is 2.16. The predicted octanol–water partition coefficient (Wildman–Crippen LogP) is 3.15. The Balaban J connectivity index is 1.94. The van der Waals surface area contributed by atoms with E-state index in [0.717, 1.165) is 6.54 Å². The lowest BCUT2D eigenvalue weighted by Crippen LogP contribution is -2.37. The fourth-order valence-electron chi connectivity index (χ4n) is 2.05. The maximum Gasteiger partial charge on any atom is 0.387 e. The number of guanidine groups is 1. The molecule has 21 heavy (non-hydrogen) atoms. The second kappa shape index (κ2) is 7.45. The molecule has 0 saturated heterocycles. The Morgan fingerprint density at radius 3 is 2.86 bits per heavy atom. The normalized spacial score (nSPS) is 15.9. The molecule has 0 atom stereocenters. The Morgan fingerprint density at radius 2 is 2.24 bits per heavy atom. The van der Waals surface area contributed by atoms with Gasteiger partial charge in [-0.1, -0.05) is 18.0 Å². The van der Waals surface area contributed by atoms with Gasteiger partial charge in [-0.2, -0.15) is 8.78 Å². The number of nitrogens with zero attached hydrogens (tertiary/aromatic N) is 1. The highest BCUT2D eigenvalue weighted by atomic mass is 35.5. The first-order valence-corrected chi connectivity index (χ1v) is 7.19. The maximum absolute atomic E-state index is 12.3. The van der Waals surface area contributed by atoms with Gasteiger partial charge in [0.25, 0.3) is 0 Å². The lowest BCUT2D eigenvalue weighted by molar-refractivity contribution is -0.0504. The molecule has 2 rings (SSSR count). The molecule has 0 heterocycles. The molecule has 7 heteroatoms. The highest BCUT2D eigenvalue weighted by Crippen LogP contribution is 2.26. The van der Waals surface area contributed by atoms with Crippen LogP contribution in [0.1, 0.15) is 24.8 Å². The Kier molecular flexibility index (Phi) is 5.61. The molecule has 1 fully saturated rings. The fourth-order valence-corrected chi connectivity index (χ4v) is 2.25. The zero-order valence-corrected chi connectivity index (χ0v) is 12.2. The number of halogens is 3. The molecule has 0 aliphatic heterocycles. The van der Waals surface area contributed by atoms with Crippen molar-refractivity contribution < 1.29 is 13.5 Å². The number of aliphatic imine (C=N–C) groups is 1. The first-order valence-electron chi connectivity index (χ1n) is 6.81. The lowest BCUT2D eigenvalue weighted by atomic mass is 9.85. The van der Waals surface area contributed by atoms with E-state index in [4.69, 9.17) is 17.3 Å². The number of alkyl halides is 2. The van der Waals surface area contributed by atoms with E-state index in [1.54, 1.807) is 6.07 Å². The van der Waals surface area contributed by atoms with Gasteiger partial charge < -0.3 is 15.8 Å². The Bertz CT molecular complexity index is 507. The van der Waals surface area contributed by atoms with Gasteiger partial charge in [-0.3, -0.25) is 0 Å². The van der Waals surface area contributed by atoms with Crippen LogP contribution in [0.25, 0.3) is 0 Å². The van der Waals surface area contributed by atoms with E-state index in [1.165, 1.54) is 31.4 Å². The minimum Gasteiger partial charge on any atom is -0.434 e. The van der Waals surface area contributed by atoms with Crippen LogP contribution in [0.5, 0.6) is 5.75 Å². The average molecular weight is 318 g/mol. The lowest BCUT2D eigenvalue weighted by Gasteiger charge is -2.25. The Labute approximate surface area is 127 Å². The summed E-state index contributed by atoms with van der Waals surface area (Å²) < 4.78 is 29.1. The number of ether oxygens (including phenoxy) is 1. The molecule has 0 radical (unpaired) electrons. The van der Waals surface area contributed by atoms with Gasteiger partial charge in [-0.05, 0) is 37.0 Å². The second-order valence-corrected chi connectivity index (χ2v) is 5.45. The van der Waals surface area contributed by atoms with Gasteiger partial charge in [0.15, 0.2) is 5.96 Å². The third-order valence-corrected chi connectivity index (χ3v) is 3.69. The first-order chi connectivity index (χ1) is 10.0. The molecule has 0 aromatic heterocycles. The molecule has 1 aromatic rings. The molecule has 0 bridgehead atoms. The summed E-state index contributed by atoms with van der Waals surface area (Å²) in [5.74, 6) is 1.01. The smallest absolute Gasteiger partial charge is 0.387 e. The van der Waals surface area contributed by atoms with Gasteiger partial charge in [0, 0.05) is 17.1 Å². The standard InChI is InChI=1S/C14H18ClF2N3O/c15-11-4-5-12(21-13(16)17)10(6-11)8-20-14(18)19-7-9-2-1-3-9/h4-6,9,13H,1-3,7-8H2,(H3,18,19,20). The molecule has 1 aliphatic carbocycles. The molecular formula is C14H18ClF2N3O. The number of hydrogen-bond acceptors (Lipinski definition) is 2. The van der Waals surface area contributed by atoms with Crippen LogP contribution >= 0.6 is 11.6 Å². The van der Waals surface area contributed by atoms with Gasteiger partial charge in [0.05, 0.1) is 6.54 Å². The quantitative estimate of drug-likeness (QED) is 0.626. The van der Waals surface area contributed by atoms with Crippen molar-refractivity contribution in [3.63, 3.8) is 0 Å². The van der Waals surface area contributed by atoms with Crippen LogP contribution < -0.4 is 15.8 Å². The van der Waals surface area contributed by atoms with Crippen molar-refractivity contribution in [3.8, 4) is 5.75 Å². The number of nitrogens with two attached hydrogens (primary N) is 1. The van der Waals surface area contributed by atoms with E-state index < -0.39 is 6.61 Å². The Morgan fingerprint density at radius 1 is 1.48 bits per heavy atom. The van der Waals surface area contributed by atoms with Gasteiger partial charge in [-0.25, -0.2) is 4.99 Å². The second-order valence-electron chi connectivity index (χ2n) is 5.01. The van der Waals surface area contributed by atoms with Gasteiger partial charge in [0.2, 0.25) is 0 Å². The number of hydrogen-bond donors (Lipinski definition) is 2. The molecule has 1 aromatic carbocycles. The van der Waals surface area contributed by atoms with E-state index in [9.17, 15) is 8.78 Å². The predicted molar refractivity (Wildman–Crippen MR) is 78.8 cm³/mol. The monoisotopic (exact) mass is 317 g/mol. The summed E-state index contributed by atoms with van der Waals surface area (Å²) in [5.41, 5.74) is 6.22. The average Bonchev–Trinajstić information content (AvgIpc) is 2.36. The number of nitrogens with one attached hydrogen (secondary N) is 1. The molecule has 116 valence electrons. The topological polar surface area (TPSA) is 59.6 Å². The largest absolute Gasteiger partial charge is 0.434 e. The van der Waals surface area contributed by atoms with Crippen molar-refractivity contribution >= 4 is 17.6 Å². The number of benzene rings is 1. The SMILES string of the molecule is NC(=NCc1cc(Cl)ccc1OC(F)F)NCC1CCC1. The summed E-state index contributed by atoms with van der Waals surface area (Å²) in [7, 11) is 0. The van der Waals surface area contributed by atoms with Gasteiger partial charge >= 0.3 is 6.61 Å². The van der Waals surface area contributed by atoms with Crippen LogP contribution in [0, 0.1) is 5.92 Å². The third kappa shape index (κ3) is 5.04. The van der Waals surface area contributed by atoms with E-state index in [1.807, 2.05) is 0 Å². The zero-order valence-electron chi connectivity index (χ0n) is 11.5. The summed E-state index contributed by atoms with van der Waals surface area (Å²) in [6.45, 7) is -1.96. The van der Waals surface area contributed by atoms with E-state index >= 15 is 0 Å². The molecule has 1 saturated carbocycles. The van der Waals surface area contributed by atoms with Crippen LogP contribution in [-0.2, 0) is 6.54 Å². The summed E-state index contributed by atoms with van der Waals surface area (Å²) in [5, 5.41) is 3.47. The van der Waals surface area contributed by atoms with Crippen LogP contribution in [-0.4, -0.2) is 19.1 Å². The molecule has 3 N–H and O–H groups in total. The van der Waals surface area contributed by atoms with E-state index in [0.29, 0.717) is 22.5 Å². The summed E-state index contributed by atoms with van der Waals surface area (Å²) in [4.78, 5) is 4.13. The van der Waals surface area contributed by atoms with Crippen molar-refractivity contribution in [2.45, 2.75) is 32.4 Å². The summed E-state index contributed by atoms with van der Waals surface area (Å²) >= 11 is 5.86. The summed E-state index contributed by atoms with van der Waals surface area (Å²) in [6, 6.07) is 4.43. The minimum atomic E-state index is -2.89. The molecule has 1 aliphatic rings.